The summed E-state index contributed by atoms with van der Waals surface area (Å²) in [4.78, 5) is 0. The minimum Gasteiger partial charge on any atom is -0.397 e. The van der Waals surface area contributed by atoms with Gasteiger partial charge in [0.2, 0.25) is 0 Å². The number of hydrogen-bond acceptors (Lipinski definition) is 2. The van der Waals surface area contributed by atoms with Gasteiger partial charge in [0, 0.05) is 11.1 Å². The van der Waals surface area contributed by atoms with Crippen molar-refractivity contribution in [3.05, 3.63) is 57.8 Å². The summed E-state index contributed by atoms with van der Waals surface area (Å²) in [6.07, 6.45) is 0. The Bertz CT molecular complexity index is 602. The average molecular weight is 299 g/mol. The van der Waals surface area contributed by atoms with E-state index in [0.29, 0.717) is 16.4 Å². The number of halogens is 3. The Morgan fingerprint density at radius 1 is 1.16 bits per heavy atom. The van der Waals surface area contributed by atoms with Crippen LogP contribution in [0.2, 0.25) is 10.0 Å². The zero-order valence-corrected chi connectivity index (χ0v) is 11.8. The lowest BCUT2D eigenvalue weighted by Crippen LogP contribution is -2.09. The molecule has 19 heavy (non-hydrogen) atoms. The molecule has 0 saturated carbocycles. The summed E-state index contributed by atoms with van der Waals surface area (Å²) in [5.41, 5.74) is 7.58. The molecule has 0 aliphatic heterocycles. The molecule has 0 heterocycles. The van der Waals surface area contributed by atoms with Crippen LogP contribution in [0.1, 0.15) is 18.5 Å². The van der Waals surface area contributed by atoms with Gasteiger partial charge in [0.15, 0.2) is 0 Å². The Morgan fingerprint density at radius 3 is 2.53 bits per heavy atom. The van der Waals surface area contributed by atoms with Crippen molar-refractivity contribution in [1.82, 2.24) is 0 Å². The second-order valence-corrected chi connectivity index (χ2v) is 5.06. The van der Waals surface area contributed by atoms with Crippen LogP contribution in [0, 0.1) is 5.82 Å². The van der Waals surface area contributed by atoms with Crippen molar-refractivity contribution >= 4 is 34.6 Å². The van der Waals surface area contributed by atoms with Gasteiger partial charge in [-0.2, -0.15) is 0 Å². The van der Waals surface area contributed by atoms with Gasteiger partial charge in [-0.25, -0.2) is 4.39 Å². The van der Waals surface area contributed by atoms with Crippen LogP contribution in [0.15, 0.2) is 36.4 Å². The minimum atomic E-state index is -0.532. The third kappa shape index (κ3) is 3.11. The highest BCUT2D eigenvalue weighted by molar-refractivity contribution is 6.31. The van der Waals surface area contributed by atoms with E-state index in [1.165, 1.54) is 12.1 Å². The van der Waals surface area contributed by atoms with Crippen LogP contribution in [0.4, 0.5) is 15.8 Å². The number of nitrogens with one attached hydrogen (secondary N) is 1. The summed E-state index contributed by atoms with van der Waals surface area (Å²) in [7, 11) is 0. The number of nitrogens with two attached hydrogens (primary N) is 1. The highest BCUT2D eigenvalue weighted by Crippen LogP contribution is 2.31. The molecular weight excluding hydrogens is 286 g/mol. The molecule has 5 heteroatoms. The van der Waals surface area contributed by atoms with E-state index in [1.807, 2.05) is 31.2 Å². The van der Waals surface area contributed by atoms with E-state index in [0.717, 1.165) is 5.56 Å². The van der Waals surface area contributed by atoms with Crippen LogP contribution >= 0.6 is 23.2 Å². The van der Waals surface area contributed by atoms with E-state index < -0.39 is 5.82 Å². The predicted molar refractivity (Wildman–Crippen MR) is 79.3 cm³/mol. The molecule has 0 aromatic heterocycles. The third-order valence-corrected chi connectivity index (χ3v) is 3.47. The smallest absolute Gasteiger partial charge is 0.143 e. The third-order valence-electron chi connectivity index (χ3n) is 2.84. The molecule has 1 atom stereocenters. The molecule has 2 aromatic rings. The summed E-state index contributed by atoms with van der Waals surface area (Å²) in [5.74, 6) is -0.532. The van der Waals surface area contributed by atoms with Gasteiger partial charge in [0.25, 0.3) is 0 Å². The van der Waals surface area contributed by atoms with Crippen molar-refractivity contribution in [3.63, 3.8) is 0 Å². The summed E-state index contributed by atoms with van der Waals surface area (Å²) in [6.45, 7) is 1.94. The second kappa shape index (κ2) is 5.68. The van der Waals surface area contributed by atoms with E-state index in [4.69, 9.17) is 28.9 Å². The van der Waals surface area contributed by atoms with Crippen molar-refractivity contribution in [2.24, 2.45) is 0 Å². The molecule has 0 fully saturated rings. The van der Waals surface area contributed by atoms with Crippen molar-refractivity contribution < 1.29 is 4.39 Å². The van der Waals surface area contributed by atoms with Crippen molar-refractivity contribution in [3.8, 4) is 0 Å². The molecule has 1 unspecified atom stereocenters. The molecule has 100 valence electrons. The molecular formula is C14H13Cl2FN2. The van der Waals surface area contributed by atoms with Gasteiger partial charge >= 0.3 is 0 Å². The monoisotopic (exact) mass is 298 g/mol. The van der Waals surface area contributed by atoms with Crippen LogP contribution in [-0.2, 0) is 0 Å². The van der Waals surface area contributed by atoms with Crippen molar-refractivity contribution in [1.29, 1.82) is 0 Å². The lowest BCUT2D eigenvalue weighted by atomic mass is 10.1. The standard InChI is InChI=1S/C14H13Cl2FN2/c1-8(9-4-2-3-5-10(9)15)19-14-6-11(16)12(17)7-13(14)18/h2-8,19H,18H2,1H3. The molecule has 3 N–H and O–H groups in total. The fraction of sp³-hybridized carbons (Fsp3) is 0.143. The first-order chi connectivity index (χ1) is 8.99. The number of nitrogen functional groups attached to an aromatic ring is 1. The van der Waals surface area contributed by atoms with Gasteiger partial charge < -0.3 is 11.1 Å². The van der Waals surface area contributed by atoms with Crippen molar-refractivity contribution in [2.45, 2.75) is 13.0 Å². The van der Waals surface area contributed by atoms with Crippen LogP contribution in [-0.4, -0.2) is 0 Å². The van der Waals surface area contributed by atoms with E-state index in [9.17, 15) is 4.39 Å². The Balaban J connectivity index is 2.27. The molecule has 2 nitrogen and oxygen atoms in total. The molecule has 0 radical (unpaired) electrons. The van der Waals surface area contributed by atoms with Crippen molar-refractivity contribution in [2.75, 3.05) is 11.1 Å². The first-order valence-electron chi connectivity index (χ1n) is 5.74. The zero-order chi connectivity index (χ0) is 14.0. The largest absolute Gasteiger partial charge is 0.397 e. The Morgan fingerprint density at radius 2 is 1.84 bits per heavy atom. The predicted octanol–water partition coefficient (Wildman–Crippen LogP) is 4.89. The zero-order valence-electron chi connectivity index (χ0n) is 10.3. The maximum Gasteiger partial charge on any atom is 0.143 e. The van der Waals surface area contributed by atoms with Crippen LogP contribution in [0.5, 0.6) is 0 Å². The molecule has 0 aliphatic carbocycles. The first-order valence-corrected chi connectivity index (χ1v) is 6.50. The highest BCUT2D eigenvalue weighted by Gasteiger charge is 2.12. The van der Waals surface area contributed by atoms with Gasteiger partial charge in [-0.05, 0) is 24.6 Å². The highest BCUT2D eigenvalue weighted by atomic mass is 35.5. The second-order valence-electron chi connectivity index (χ2n) is 4.24. The van der Waals surface area contributed by atoms with Crippen LogP contribution in [0.3, 0.4) is 0 Å². The van der Waals surface area contributed by atoms with Gasteiger partial charge in [-0.3, -0.25) is 0 Å². The van der Waals surface area contributed by atoms with E-state index >= 15 is 0 Å². The van der Waals surface area contributed by atoms with Crippen LogP contribution < -0.4 is 11.1 Å². The lowest BCUT2D eigenvalue weighted by Gasteiger charge is -2.18. The normalized spacial score (nSPS) is 12.2. The molecule has 2 aromatic carbocycles. The maximum absolute atomic E-state index is 13.2. The molecule has 2 rings (SSSR count). The molecule has 0 aliphatic rings. The Kier molecular flexibility index (Phi) is 4.17. The van der Waals surface area contributed by atoms with Gasteiger partial charge in [-0.1, -0.05) is 41.4 Å². The molecule has 0 amide bonds. The first kappa shape index (κ1) is 14.0. The maximum atomic E-state index is 13.2. The molecule has 0 bridgehead atoms. The van der Waals surface area contributed by atoms with E-state index in [2.05, 4.69) is 5.32 Å². The van der Waals surface area contributed by atoms with Gasteiger partial charge in [0.1, 0.15) is 5.82 Å². The summed E-state index contributed by atoms with van der Waals surface area (Å²) >= 11 is 11.9. The number of hydrogen-bond donors (Lipinski definition) is 2. The summed E-state index contributed by atoms with van der Waals surface area (Å²) < 4.78 is 13.2. The molecule has 0 spiro atoms. The summed E-state index contributed by atoms with van der Waals surface area (Å²) in [5, 5.41) is 3.87. The lowest BCUT2D eigenvalue weighted by molar-refractivity contribution is 0.629. The SMILES string of the molecule is CC(Nc1cc(Cl)c(F)cc1N)c1ccccc1Cl. The fourth-order valence-corrected chi connectivity index (χ4v) is 2.29. The molecule has 0 saturated heterocycles. The Labute approximate surface area is 121 Å². The topological polar surface area (TPSA) is 38.0 Å². The quantitative estimate of drug-likeness (QED) is 0.792. The van der Waals surface area contributed by atoms with E-state index in [-0.39, 0.29) is 11.1 Å². The number of rotatable bonds is 3. The summed E-state index contributed by atoms with van der Waals surface area (Å²) in [6, 6.07) is 10.1. The van der Waals surface area contributed by atoms with E-state index in [1.54, 1.807) is 0 Å². The number of anilines is 2. The Hall–Kier alpha value is -1.45. The fourth-order valence-electron chi connectivity index (χ4n) is 1.82. The van der Waals surface area contributed by atoms with Gasteiger partial charge in [-0.15, -0.1) is 0 Å². The van der Waals surface area contributed by atoms with Gasteiger partial charge in [0.05, 0.1) is 22.4 Å². The van der Waals surface area contributed by atoms with Crippen LogP contribution in [0.25, 0.3) is 0 Å². The average Bonchev–Trinajstić information content (AvgIpc) is 2.36. The minimum absolute atomic E-state index is 0.0306. The number of benzene rings is 2.